The summed E-state index contributed by atoms with van der Waals surface area (Å²) in [6.07, 6.45) is 0.934. The number of hydrogen-bond donors (Lipinski definition) is 0. The molecule has 0 unspecified atom stereocenters. The van der Waals surface area contributed by atoms with Crippen LogP contribution >= 0.6 is 0 Å². The third-order valence-corrected chi connectivity index (χ3v) is 4.76. The van der Waals surface area contributed by atoms with Crippen molar-refractivity contribution in [3.05, 3.63) is 53.6 Å². The van der Waals surface area contributed by atoms with Crippen LogP contribution < -0.4 is 14.4 Å². The first-order valence-electron chi connectivity index (χ1n) is 8.11. The molecule has 0 saturated heterocycles. The Morgan fingerprint density at radius 2 is 1.75 bits per heavy atom. The Labute approximate surface area is 143 Å². The van der Waals surface area contributed by atoms with Crippen LogP contribution in [0.3, 0.4) is 0 Å². The number of amides is 1. The Morgan fingerprint density at radius 1 is 1.04 bits per heavy atom. The molecule has 0 aliphatic carbocycles. The average molecular weight is 325 g/mol. The second-order valence-electron chi connectivity index (χ2n) is 6.68. The monoisotopic (exact) mass is 325 g/mol. The summed E-state index contributed by atoms with van der Waals surface area (Å²) in [5.74, 6) is 1.17. The van der Waals surface area contributed by atoms with E-state index in [1.54, 1.807) is 32.4 Å². The highest BCUT2D eigenvalue weighted by Gasteiger charge is 2.33. The Kier molecular flexibility index (Phi) is 4.22. The number of fused-ring (bicyclic) bond motifs is 1. The Morgan fingerprint density at radius 3 is 2.46 bits per heavy atom. The summed E-state index contributed by atoms with van der Waals surface area (Å²) in [5, 5.41) is 0. The molecule has 1 aliphatic heterocycles. The molecule has 2 aromatic carbocycles. The van der Waals surface area contributed by atoms with E-state index in [-0.39, 0.29) is 11.3 Å². The van der Waals surface area contributed by atoms with E-state index in [0.717, 1.165) is 12.1 Å². The van der Waals surface area contributed by atoms with E-state index in [9.17, 15) is 4.79 Å². The molecule has 0 atom stereocenters. The van der Waals surface area contributed by atoms with Crippen LogP contribution in [0.5, 0.6) is 11.5 Å². The maximum absolute atomic E-state index is 13.1. The summed E-state index contributed by atoms with van der Waals surface area (Å²) < 4.78 is 10.6. The lowest BCUT2D eigenvalue weighted by Gasteiger charge is -2.39. The summed E-state index contributed by atoms with van der Waals surface area (Å²) in [6.45, 7) is 5.16. The maximum Gasteiger partial charge on any atom is 0.258 e. The molecular formula is C20H23NO3. The molecule has 0 radical (unpaired) electrons. The molecule has 126 valence electrons. The highest BCUT2D eigenvalue weighted by Crippen LogP contribution is 2.40. The second-order valence-corrected chi connectivity index (χ2v) is 6.68. The normalized spacial score (nSPS) is 15.6. The van der Waals surface area contributed by atoms with Crippen molar-refractivity contribution in [1.82, 2.24) is 0 Å². The number of rotatable bonds is 3. The van der Waals surface area contributed by atoms with Crippen molar-refractivity contribution in [2.45, 2.75) is 25.7 Å². The van der Waals surface area contributed by atoms with Crippen LogP contribution in [0.1, 0.15) is 36.2 Å². The topological polar surface area (TPSA) is 38.8 Å². The summed E-state index contributed by atoms with van der Waals surface area (Å²) in [6, 6.07) is 13.4. The van der Waals surface area contributed by atoms with Gasteiger partial charge in [-0.1, -0.05) is 32.0 Å². The lowest BCUT2D eigenvalue weighted by Crippen LogP contribution is -2.41. The third kappa shape index (κ3) is 2.73. The molecule has 4 nitrogen and oxygen atoms in total. The molecule has 3 rings (SSSR count). The van der Waals surface area contributed by atoms with Gasteiger partial charge in [-0.2, -0.15) is 0 Å². The molecule has 24 heavy (non-hydrogen) atoms. The first kappa shape index (κ1) is 16.4. The number of anilines is 1. The van der Waals surface area contributed by atoms with E-state index in [2.05, 4.69) is 19.9 Å². The molecular weight excluding hydrogens is 302 g/mol. The van der Waals surface area contributed by atoms with Crippen molar-refractivity contribution in [2.24, 2.45) is 0 Å². The highest BCUT2D eigenvalue weighted by molar-refractivity contribution is 6.07. The minimum absolute atomic E-state index is 0.0149. The van der Waals surface area contributed by atoms with Gasteiger partial charge in [0.25, 0.3) is 5.91 Å². The van der Waals surface area contributed by atoms with Gasteiger partial charge in [-0.05, 0) is 41.7 Å². The molecule has 0 fully saturated rings. The van der Waals surface area contributed by atoms with Crippen molar-refractivity contribution >= 4 is 11.6 Å². The first-order valence-corrected chi connectivity index (χ1v) is 8.11. The lowest BCUT2D eigenvalue weighted by atomic mass is 9.77. The minimum Gasteiger partial charge on any atom is -0.493 e. The van der Waals surface area contributed by atoms with Crippen LogP contribution in [0.4, 0.5) is 5.69 Å². The van der Waals surface area contributed by atoms with Gasteiger partial charge >= 0.3 is 0 Å². The summed E-state index contributed by atoms with van der Waals surface area (Å²) in [4.78, 5) is 14.9. The van der Waals surface area contributed by atoms with Crippen molar-refractivity contribution in [3.8, 4) is 11.5 Å². The zero-order chi connectivity index (χ0) is 17.3. The highest BCUT2D eigenvalue weighted by atomic mass is 16.5. The molecule has 4 heteroatoms. The van der Waals surface area contributed by atoms with Gasteiger partial charge in [0.1, 0.15) is 0 Å². The predicted molar refractivity (Wildman–Crippen MR) is 95.3 cm³/mol. The van der Waals surface area contributed by atoms with Crippen LogP contribution in [-0.2, 0) is 5.41 Å². The van der Waals surface area contributed by atoms with E-state index in [1.807, 2.05) is 23.1 Å². The molecule has 1 aliphatic rings. The number of carbonyl (C=O) groups excluding carboxylic acids is 1. The van der Waals surface area contributed by atoms with Crippen molar-refractivity contribution in [3.63, 3.8) is 0 Å². The number of methoxy groups -OCH3 is 2. The van der Waals surface area contributed by atoms with E-state index in [4.69, 9.17) is 9.47 Å². The Hall–Kier alpha value is -2.49. The zero-order valence-corrected chi connectivity index (χ0v) is 14.6. The van der Waals surface area contributed by atoms with Crippen LogP contribution in [0, 0.1) is 0 Å². The zero-order valence-electron chi connectivity index (χ0n) is 14.6. The van der Waals surface area contributed by atoms with Crippen molar-refractivity contribution in [1.29, 1.82) is 0 Å². The second kappa shape index (κ2) is 6.19. The first-order chi connectivity index (χ1) is 11.5. The van der Waals surface area contributed by atoms with Gasteiger partial charge in [0.15, 0.2) is 11.5 Å². The largest absolute Gasteiger partial charge is 0.493 e. The average Bonchev–Trinajstić information content (AvgIpc) is 2.61. The van der Waals surface area contributed by atoms with Crippen LogP contribution in [-0.4, -0.2) is 26.7 Å². The van der Waals surface area contributed by atoms with Gasteiger partial charge in [0.2, 0.25) is 0 Å². The van der Waals surface area contributed by atoms with Crippen molar-refractivity contribution in [2.75, 3.05) is 25.7 Å². The fraction of sp³-hybridized carbons (Fsp3) is 0.350. The smallest absolute Gasteiger partial charge is 0.258 e. The summed E-state index contributed by atoms with van der Waals surface area (Å²) in [5.41, 5.74) is 2.88. The van der Waals surface area contributed by atoms with E-state index >= 15 is 0 Å². The molecule has 0 bridgehead atoms. The molecule has 0 aromatic heterocycles. The van der Waals surface area contributed by atoms with Gasteiger partial charge in [0, 0.05) is 17.8 Å². The maximum atomic E-state index is 13.1. The number of ether oxygens (including phenoxy) is 2. The fourth-order valence-electron chi connectivity index (χ4n) is 3.26. The fourth-order valence-corrected chi connectivity index (χ4v) is 3.26. The standard InChI is InChI=1S/C20H23NO3/c1-20(2)11-12-21(16-8-6-5-7-15(16)20)19(22)14-9-10-17(23-3)18(13-14)24-4/h5-10,13H,11-12H2,1-4H3. The van der Waals surface area contributed by atoms with Gasteiger partial charge in [-0.3, -0.25) is 4.79 Å². The van der Waals surface area contributed by atoms with Crippen LogP contribution in [0.2, 0.25) is 0 Å². The van der Waals surface area contributed by atoms with E-state index in [1.165, 1.54) is 5.56 Å². The number of hydrogen-bond acceptors (Lipinski definition) is 3. The lowest BCUT2D eigenvalue weighted by molar-refractivity contribution is 0.0982. The van der Waals surface area contributed by atoms with Gasteiger partial charge < -0.3 is 14.4 Å². The molecule has 1 amide bonds. The Bertz CT molecular complexity index is 767. The van der Waals surface area contributed by atoms with Crippen molar-refractivity contribution < 1.29 is 14.3 Å². The van der Waals surface area contributed by atoms with E-state index < -0.39 is 0 Å². The van der Waals surface area contributed by atoms with Gasteiger partial charge in [-0.15, -0.1) is 0 Å². The molecule has 0 spiro atoms. The molecule has 2 aromatic rings. The predicted octanol–water partition coefficient (Wildman–Crippen LogP) is 4.03. The number of nitrogens with zero attached hydrogens (tertiary/aromatic N) is 1. The third-order valence-electron chi connectivity index (χ3n) is 4.76. The quantitative estimate of drug-likeness (QED) is 0.855. The molecule has 0 saturated carbocycles. The number of benzene rings is 2. The van der Waals surface area contributed by atoms with Gasteiger partial charge in [-0.25, -0.2) is 0 Å². The minimum atomic E-state index is -0.0149. The summed E-state index contributed by atoms with van der Waals surface area (Å²) >= 11 is 0. The van der Waals surface area contributed by atoms with Crippen LogP contribution in [0.25, 0.3) is 0 Å². The molecule has 0 N–H and O–H groups in total. The summed E-state index contributed by atoms with van der Waals surface area (Å²) in [7, 11) is 3.16. The van der Waals surface area contributed by atoms with Gasteiger partial charge in [0.05, 0.1) is 14.2 Å². The SMILES string of the molecule is COc1ccc(C(=O)N2CCC(C)(C)c3ccccc32)cc1OC. The Balaban J connectivity index is 1.99. The number of carbonyl (C=O) groups is 1. The molecule has 1 heterocycles. The van der Waals surface area contributed by atoms with Crippen LogP contribution in [0.15, 0.2) is 42.5 Å². The number of para-hydroxylation sites is 1. The van der Waals surface area contributed by atoms with E-state index in [0.29, 0.717) is 23.6 Å².